The van der Waals surface area contributed by atoms with E-state index >= 15 is 0 Å². The van der Waals surface area contributed by atoms with Crippen LogP contribution in [0, 0.1) is 5.82 Å². The Hall–Kier alpha value is -3.67. The van der Waals surface area contributed by atoms with E-state index in [1.54, 1.807) is 11.9 Å². The molecule has 1 amide bonds. The summed E-state index contributed by atoms with van der Waals surface area (Å²) in [6.07, 6.45) is -4.64. The van der Waals surface area contributed by atoms with Gasteiger partial charge >= 0.3 is 199 Å². The number of alkyl halides is 3. The molecule has 3 aromatic rings. The Balaban J connectivity index is 1.91. The van der Waals surface area contributed by atoms with Crippen molar-refractivity contribution in [2.75, 3.05) is 25.1 Å². The number of rotatable bonds is 7. The molecule has 0 spiro atoms. The first-order valence-electron chi connectivity index (χ1n) is 10.7. The zero-order valence-corrected chi connectivity index (χ0v) is 18.7. The van der Waals surface area contributed by atoms with Gasteiger partial charge in [-0.3, -0.25) is 0 Å². The van der Waals surface area contributed by atoms with Crippen molar-refractivity contribution >= 4 is 24.9 Å². The van der Waals surface area contributed by atoms with E-state index in [4.69, 9.17) is 0 Å². The van der Waals surface area contributed by atoms with Crippen LogP contribution < -0.4 is 9.64 Å². The van der Waals surface area contributed by atoms with Crippen molar-refractivity contribution in [3.8, 4) is 17.1 Å². The Morgan fingerprint density at radius 3 is 2.46 bits per heavy atom. The summed E-state index contributed by atoms with van der Waals surface area (Å²) < 4.78 is 58.5. The van der Waals surface area contributed by atoms with Crippen LogP contribution in [0.2, 0.25) is 0 Å². The molecular weight excluding hydrogens is 467 g/mol. The number of amides is 1. The van der Waals surface area contributed by atoms with Crippen LogP contribution in [-0.2, 0) is 6.54 Å². The number of carbonyl (C=O) groups excluding carboxylic acids is 1. The number of para-hydroxylation sites is 1. The maximum absolute atomic E-state index is 13.5. The molecule has 0 atom stereocenters. The van der Waals surface area contributed by atoms with Crippen LogP contribution in [-0.4, -0.2) is 65.2 Å². The van der Waals surface area contributed by atoms with E-state index in [1.807, 2.05) is 0 Å². The molecule has 1 N–H and O–H groups in total. The number of aliphatic hydroxyl groups is 1. The van der Waals surface area contributed by atoms with Crippen molar-refractivity contribution in [1.82, 2.24) is 14.5 Å². The van der Waals surface area contributed by atoms with Gasteiger partial charge in [-0.05, 0) is 0 Å². The third kappa shape index (κ3) is 4.92. The van der Waals surface area contributed by atoms with Gasteiger partial charge in [0, 0.05) is 0 Å². The number of carbonyl (C=O) groups is 1. The summed E-state index contributed by atoms with van der Waals surface area (Å²) in [5, 5.41) is 9.24. The van der Waals surface area contributed by atoms with Gasteiger partial charge in [0.05, 0.1) is 0 Å². The molecule has 1 aromatic heterocycles. The van der Waals surface area contributed by atoms with Gasteiger partial charge in [0.2, 0.25) is 0 Å². The van der Waals surface area contributed by atoms with Crippen LogP contribution in [0.25, 0.3) is 11.4 Å². The number of nitrogens with zero attached hydrogens (tertiary/aromatic N) is 4. The number of hydrogen-bond acceptors (Lipinski definition) is 5. The van der Waals surface area contributed by atoms with Gasteiger partial charge in [-0.2, -0.15) is 0 Å². The van der Waals surface area contributed by atoms with E-state index in [1.165, 1.54) is 51.9 Å². The fourth-order valence-corrected chi connectivity index (χ4v) is 3.89. The van der Waals surface area contributed by atoms with Crippen molar-refractivity contribution < 1.29 is 32.2 Å². The quantitative estimate of drug-likeness (QED) is 0.409. The van der Waals surface area contributed by atoms with E-state index in [9.17, 15) is 27.5 Å². The van der Waals surface area contributed by atoms with Crippen molar-refractivity contribution in [2.24, 2.45) is 0 Å². The Morgan fingerprint density at radius 2 is 1.80 bits per heavy atom. The Bertz CT molecular complexity index is 1260. The van der Waals surface area contributed by atoms with E-state index in [0.29, 0.717) is 17.7 Å². The fraction of sp³-hybridized carbons (Fsp3) is 0.261. The topological polar surface area (TPSA) is 70.8 Å². The van der Waals surface area contributed by atoms with Gasteiger partial charge in [-0.1, -0.05) is 0 Å². The number of halogens is 4. The molecule has 0 radical (unpaired) electrons. The first kappa shape index (κ1) is 24.5. The normalized spacial score (nSPS) is 13.9. The second kappa shape index (κ2) is 9.53. The molecule has 0 saturated carbocycles. The molecule has 182 valence electrons. The van der Waals surface area contributed by atoms with Crippen LogP contribution >= 0.6 is 0 Å². The van der Waals surface area contributed by atoms with Gasteiger partial charge in [-0.15, -0.1) is 0 Å². The van der Waals surface area contributed by atoms with Crippen molar-refractivity contribution in [3.63, 3.8) is 0 Å². The number of benzene rings is 2. The zero-order chi connectivity index (χ0) is 25.3. The summed E-state index contributed by atoms with van der Waals surface area (Å²) >= 11 is 0. The number of anilines is 1. The third-order valence-electron chi connectivity index (χ3n) is 5.56. The second-order valence-corrected chi connectivity index (χ2v) is 7.87. The monoisotopic (exact) mass is 488 g/mol. The van der Waals surface area contributed by atoms with Crippen LogP contribution in [0.15, 0.2) is 48.5 Å². The minimum atomic E-state index is -4.94. The molecule has 1 aliphatic heterocycles. The molecule has 1 aliphatic rings. The summed E-state index contributed by atoms with van der Waals surface area (Å²) in [6.45, 7) is 0.0663. The number of aliphatic hydroxyl groups excluding tert-OH is 1. The molecule has 4 rings (SSSR count). The second-order valence-electron chi connectivity index (χ2n) is 7.87. The molecule has 12 heteroatoms. The summed E-state index contributed by atoms with van der Waals surface area (Å²) in [5.41, 5.74) is 1.06. The molecule has 2 aromatic carbocycles. The van der Waals surface area contributed by atoms with E-state index < -0.39 is 23.8 Å². The Labute approximate surface area is 199 Å². The van der Waals surface area contributed by atoms with E-state index in [0.717, 1.165) is 6.07 Å². The average molecular weight is 488 g/mol. The van der Waals surface area contributed by atoms with Crippen LogP contribution in [0.5, 0.6) is 5.75 Å². The molecule has 0 unspecified atom stereocenters. The number of ether oxygens (including phenoxy) is 1. The molecule has 0 bridgehead atoms. The maximum atomic E-state index is 13.5. The molecule has 0 aliphatic carbocycles. The van der Waals surface area contributed by atoms with Gasteiger partial charge in [0.1, 0.15) is 0 Å². The van der Waals surface area contributed by atoms with Gasteiger partial charge in [0.15, 0.2) is 0 Å². The standard InChI is InChI=1S/C23H21BF4N4O3/c1-30-20-18(21(34)31(22(30)24)11-4-12-33)32(13-14-7-9-15(25)10-8-14)19(29-20)16-5-2-3-6-17(16)35-23(26,27)28/h2-3,5-10,24,33H,4,11-13H2,1H3. The van der Waals surface area contributed by atoms with Crippen molar-refractivity contribution in [3.05, 3.63) is 65.6 Å². The van der Waals surface area contributed by atoms with Gasteiger partial charge in [0.25, 0.3) is 0 Å². The predicted octanol–water partition coefficient (Wildman–Crippen LogP) is 2.90. The molecular formula is C23H21BF4N4O3. The van der Waals surface area contributed by atoms with Gasteiger partial charge < -0.3 is 0 Å². The van der Waals surface area contributed by atoms with Gasteiger partial charge in [-0.25, -0.2) is 0 Å². The molecule has 0 saturated heterocycles. The number of hydrogen-bond donors (Lipinski definition) is 1. The third-order valence-corrected chi connectivity index (χ3v) is 5.56. The zero-order valence-electron chi connectivity index (χ0n) is 18.7. The van der Waals surface area contributed by atoms with E-state index in [2.05, 4.69) is 17.2 Å². The fourth-order valence-electron chi connectivity index (χ4n) is 3.89. The van der Waals surface area contributed by atoms with Crippen LogP contribution in [0.4, 0.5) is 23.4 Å². The number of fused-ring (bicyclic) bond motifs is 1. The first-order valence-corrected chi connectivity index (χ1v) is 10.7. The summed E-state index contributed by atoms with van der Waals surface area (Å²) in [6, 6.07) is 11.0. The van der Waals surface area contributed by atoms with Crippen molar-refractivity contribution in [1.29, 1.82) is 0 Å². The molecule has 35 heavy (non-hydrogen) atoms. The number of aromatic nitrogens is 2. The first-order chi connectivity index (χ1) is 16.6. The van der Waals surface area contributed by atoms with E-state index in [-0.39, 0.29) is 42.6 Å². The minimum absolute atomic E-state index is 0.0232. The average Bonchev–Trinajstić information content (AvgIpc) is 3.17. The summed E-state index contributed by atoms with van der Waals surface area (Å²) in [4.78, 5) is 21.0. The Morgan fingerprint density at radius 1 is 1.11 bits per heavy atom. The summed E-state index contributed by atoms with van der Waals surface area (Å²) in [5.74, 6) is -1.12. The SMILES string of the molecule is B=C1N(CCCO)C(=O)c2c(nc(-c3ccccc3OC(F)(F)F)n2Cc2ccc(F)cc2)N1C. The molecule has 0 fully saturated rings. The molecule has 2 heterocycles. The van der Waals surface area contributed by atoms with Crippen LogP contribution in [0.3, 0.4) is 0 Å². The number of imidazole rings is 1. The Kier molecular flexibility index (Phi) is 6.66. The summed E-state index contributed by atoms with van der Waals surface area (Å²) in [7, 11) is 5.57. The predicted molar refractivity (Wildman–Crippen MR) is 123 cm³/mol. The van der Waals surface area contributed by atoms with Crippen LogP contribution in [0.1, 0.15) is 22.5 Å². The van der Waals surface area contributed by atoms with Crippen molar-refractivity contribution in [2.45, 2.75) is 19.3 Å². The molecule has 7 nitrogen and oxygen atoms in total.